The minimum Gasteiger partial charge on any atom is -0.431 e. The fourth-order valence-corrected chi connectivity index (χ4v) is 1.66. The number of nitro groups is 1. The second kappa shape index (κ2) is 5.87. The number of hydrogen-bond donors (Lipinski definition) is 2. The van der Waals surface area contributed by atoms with Crippen molar-refractivity contribution >= 4 is 11.5 Å². The molecule has 1 heterocycles. The van der Waals surface area contributed by atoms with Crippen LogP contribution in [0.2, 0.25) is 0 Å². The first kappa shape index (κ1) is 14.3. The number of para-hydroxylation sites is 2. The van der Waals surface area contributed by atoms with Gasteiger partial charge in [-0.1, -0.05) is 17.3 Å². The molecular weight excluding hydrogens is 276 g/mol. The Kier molecular flexibility index (Phi) is 3.98. The van der Waals surface area contributed by atoms with Crippen molar-refractivity contribution < 1.29 is 14.9 Å². The third-order valence-corrected chi connectivity index (χ3v) is 2.65. The maximum Gasteiger partial charge on any atom is 0.311 e. The molecular formula is C13H12N4O4. The predicted molar refractivity (Wildman–Crippen MR) is 74.7 cm³/mol. The van der Waals surface area contributed by atoms with Crippen LogP contribution in [0.1, 0.15) is 11.3 Å². The summed E-state index contributed by atoms with van der Waals surface area (Å²) in [5.41, 5.74) is 6.20. The molecule has 0 saturated heterocycles. The topological polar surface area (TPSA) is 124 Å². The number of amidine groups is 1. The number of benzene rings is 1. The summed E-state index contributed by atoms with van der Waals surface area (Å²) in [4.78, 5) is 14.5. The van der Waals surface area contributed by atoms with Crippen LogP contribution >= 0.6 is 0 Å². The zero-order chi connectivity index (χ0) is 15.4. The van der Waals surface area contributed by atoms with E-state index < -0.39 is 4.92 Å². The number of hydrogen-bond acceptors (Lipinski definition) is 6. The van der Waals surface area contributed by atoms with Crippen molar-refractivity contribution in [2.45, 2.75) is 6.92 Å². The van der Waals surface area contributed by atoms with Crippen molar-refractivity contribution in [2.24, 2.45) is 10.9 Å². The van der Waals surface area contributed by atoms with Gasteiger partial charge >= 0.3 is 5.69 Å². The molecule has 0 atom stereocenters. The first-order chi connectivity index (χ1) is 10.0. The van der Waals surface area contributed by atoms with Crippen molar-refractivity contribution in [3.63, 3.8) is 0 Å². The van der Waals surface area contributed by atoms with Gasteiger partial charge in [-0.25, -0.2) is 4.98 Å². The monoisotopic (exact) mass is 288 g/mol. The summed E-state index contributed by atoms with van der Waals surface area (Å²) in [6.07, 6.45) is 0. The quantitative estimate of drug-likeness (QED) is 0.292. The molecule has 0 aliphatic rings. The molecule has 2 rings (SSSR count). The van der Waals surface area contributed by atoms with Gasteiger partial charge in [0.05, 0.1) is 10.5 Å². The highest BCUT2D eigenvalue weighted by Crippen LogP contribution is 2.31. The Labute approximate surface area is 119 Å². The fourth-order valence-electron chi connectivity index (χ4n) is 1.66. The molecule has 0 unspecified atom stereocenters. The van der Waals surface area contributed by atoms with Crippen LogP contribution in [0.15, 0.2) is 41.6 Å². The maximum absolute atomic E-state index is 11.0. The number of rotatable bonds is 4. The lowest BCUT2D eigenvalue weighted by Crippen LogP contribution is -2.15. The second-order valence-corrected chi connectivity index (χ2v) is 4.12. The third kappa shape index (κ3) is 3.06. The third-order valence-electron chi connectivity index (χ3n) is 2.65. The van der Waals surface area contributed by atoms with Crippen molar-refractivity contribution in [3.8, 4) is 11.6 Å². The Balaban J connectivity index is 2.49. The highest BCUT2D eigenvalue weighted by atomic mass is 16.6. The van der Waals surface area contributed by atoms with E-state index in [1.165, 1.54) is 18.2 Å². The van der Waals surface area contributed by atoms with Crippen LogP contribution in [0.4, 0.5) is 5.69 Å². The molecule has 0 saturated carbocycles. The molecule has 21 heavy (non-hydrogen) atoms. The SMILES string of the molecule is Cc1ccc(C(N)=NO)c(Oc2ccccc2[N+](=O)[O-])n1. The highest BCUT2D eigenvalue weighted by molar-refractivity contribution is 5.99. The van der Waals surface area contributed by atoms with Gasteiger partial charge in [0, 0.05) is 11.8 Å². The van der Waals surface area contributed by atoms with Gasteiger partial charge in [-0.3, -0.25) is 10.1 Å². The summed E-state index contributed by atoms with van der Waals surface area (Å²) in [6.45, 7) is 1.72. The van der Waals surface area contributed by atoms with Gasteiger partial charge in [-0.15, -0.1) is 0 Å². The van der Waals surface area contributed by atoms with Crippen LogP contribution in [0.5, 0.6) is 11.6 Å². The Morgan fingerprint density at radius 1 is 1.38 bits per heavy atom. The molecule has 0 aliphatic carbocycles. The summed E-state index contributed by atoms with van der Waals surface area (Å²) >= 11 is 0. The molecule has 0 aliphatic heterocycles. The van der Waals surface area contributed by atoms with E-state index >= 15 is 0 Å². The predicted octanol–water partition coefficient (Wildman–Crippen LogP) is 2.19. The van der Waals surface area contributed by atoms with E-state index in [9.17, 15) is 10.1 Å². The van der Waals surface area contributed by atoms with Crippen molar-refractivity contribution in [2.75, 3.05) is 0 Å². The van der Waals surface area contributed by atoms with Crippen LogP contribution in [0.25, 0.3) is 0 Å². The van der Waals surface area contributed by atoms with Crippen LogP contribution in [-0.2, 0) is 0 Å². The lowest BCUT2D eigenvalue weighted by atomic mass is 10.2. The van der Waals surface area contributed by atoms with E-state index in [1.54, 1.807) is 25.1 Å². The smallest absolute Gasteiger partial charge is 0.311 e. The van der Waals surface area contributed by atoms with E-state index in [0.29, 0.717) is 5.69 Å². The Morgan fingerprint density at radius 3 is 2.76 bits per heavy atom. The lowest BCUT2D eigenvalue weighted by molar-refractivity contribution is -0.385. The maximum atomic E-state index is 11.0. The van der Waals surface area contributed by atoms with E-state index in [-0.39, 0.29) is 28.7 Å². The lowest BCUT2D eigenvalue weighted by Gasteiger charge is -2.10. The van der Waals surface area contributed by atoms with Crippen LogP contribution < -0.4 is 10.5 Å². The zero-order valence-electron chi connectivity index (χ0n) is 11.1. The van der Waals surface area contributed by atoms with E-state index in [1.807, 2.05) is 0 Å². The van der Waals surface area contributed by atoms with Gasteiger partial charge in [-0.05, 0) is 25.1 Å². The Hall–Kier alpha value is -3.16. The van der Waals surface area contributed by atoms with Crippen LogP contribution in [0, 0.1) is 17.0 Å². The summed E-state index contributed by atoms with van der Waals surface area (Å²) in [6, 6.07) is 9.09. The number of pyridine rings is 1. The molecule has 0 radical (unpaired) electrons. The number of oxime groups is 1. The number of ether oxygens (including phenoxy) is 1. The van der Waals surface area contributed by atoms with E-state index in [4.69, 9.17) is 15.7 Å². The fraction of sp³-hybridized carbons (Fsp3) is 0.0769. The molecule has 8 heteroatoms. The largest absolute Gasteiger partial charge is 0.431 e. The molecule has 0 fully saturated rings. The number of aryl methyl sites for hydroxylation is 1. The van der Waals surface area contributed by atoms with Gasteiger partial charge in [0.15, 0.2) is 5.84 Å². The van der Waals surface area contributed by atoms with Crippen LogP contribution in [-0.4, -0.2) is 21.0 Å². The zero-order valence-corrected chi connectivity index (χ0v) is 11.1. The molecule has 3 N–H and O–H groups in total. The van der Waals surface area contributed by atoms with Gasteiger partial charge in [-0.2, -0.15) is 0 Å². The van der Waals surface area contributed by atoms with Gasteiger partial charge in [0.25, 0.3) is 0 Å². The molecule has 1 aromatic heterocycles. The average molecular weight is 288 g/mol. The molecule has 0 bridgehead atoms. The Bertz CT molecular complexity index is 715. The van der Waals surface area contributed by atoms with Crippen molar-refractivity contribution in [3.05, 3.63) is 57.8 Å². The number of aromatic nitrogens is 1. The van der Waals surface area contributed by atoms with Crippen LogP contribution in [0.3, 0.4) is 0 Å². The van der Waals surface area contributed by atoms with E-state index in [0.717, 1.165) is 0 Å². The molecule has 0 amide bonds. The molecule has 0 spiro atoms. The number of nitrogens with zero attached hydrogens (tertiary/aromatic N) is 3. The first-order valence-electron chi connectivity index (χ1n) is 5.89. The summed E-state index contributed by atoms with van der Waals surface area (Å²) in [7, 11) is 0. The van der Waals surface area contributed by atoms with Crippen molar-refractivity contribution in [1.29, 1.82) is 0 Å². The molecule has 1 aromatic carbocycles. The minimum absolute atomic E-state index is 0.0209. The Morgan fingerprint density at radius 2 is 2.10 bits per heavy atom. The molecule has 8 nitrogen and oxygen atoms in total. The molecule has 2 aromatic rings. The van der Waals surface area contributed by atoms with Crippen molar-refractivity contribution in [1.82, 2.24) is 4.98 Å². The summed E-state index contributed by atoms with van der Waals surface area (Å²) in [5.74, 6) is -0.150. The second-order valence-electron chi connectivity index (χ2n) is 4.12. The standard InChI is InChI=1S/C13H12N4O4/c1-8-6-7-9(12(14)16-18)13(15-8)21-11-5-3-2-4-10(11)17(19)20/h2-7,18H,1H3,(H2,14,16). The normalized spacial score (nSPS) is 11.2. The molecule has 108 valence electrons. The highest BCUT2D eigenvalue weighted by Gasteiger charge is 2.18. The first-order valence-corrected chi connectivity index (χ1v) is 5.89. The van der Waals surface area contributed by atoms with E-state index in [2.05, 4.69) is 10.1 Å². The summed E-state index contributed by atoms with van der Waals surface area (Å²) < 4.78 is 5.48. The number of nitro benzene ring substituents is 1. The number of nitrogens with two attached hydrogens (primary N) is 1. The summed E-state index contributed by atoms with van der Waals surface area (Å²) in [5, 5.41) is 22.6. The van der Waals surface area contributed by atoms with Gasteiger partial charge in [0.2, 0.25) is 11.6 Å². The van der Waals surface area contributed by atoms with Gasteiger partial charge in [0.1, 0.15) is 0 Å². The average Bonchev–Trinajstić information content (AvgIpc) is 2.47. The van der Waals surface area contributed by atoms with Gasteiger partial charge < -0.3 is 15.7 Å². The minimum atomic E-state index is -0.561.